The van der Waals surface area contributed by atoms with Gasteiger partial charge >= 0.3 is 0 Å². The second-order valence-electron chi connectivity index (χ2n) is 14.8. The van der Waals surface area contributed by atoms with E-state index in [9.17, 15) is 0 Å². The number of para-hydroxylation sites is 1. The minimum absolute atomic E-state index is 0.633. The fourth-order valence-corrected chi connectivity index (χ4v) is 8.66. The summed E-state index contributed by atoms with van der Waals surface area (Å²) in [5.74, 6) is 0.633. The fraction of sp³-hybridized carbons (Fsp3) is 0. The van der Waals surface area contributed by atoms with Crippen LogP contribution in [0, 0.1) is 0 Å². The van der Waals surface area contributed by atoms with Crippen LogP contribution in [0.3, 0.4) is 0 Å². The van der Waals surface area contributed by atoms with E-state index in [0.717, 1.165) is 77.6 Å². The van der Waals surface area contributed by atoms with Crippen molar-refractivity contribution < 1.29 is 8.83 Å². The summed E-state index contributed by atoms with van der Waals surface area (Å²) in [6.07, 6.45) is 0. The van der Waals surface area contributed by atoms with Crippen LogP contribution in [0.2, 0.25) is 0 Å². The normalized spacial score (nSPS) is 11.9. The molecule has 0 saturated carbocycles. The van der Waals surface area contributed by atoms with E-state index in [0.29, 0.717) is 5.89 Å². The average molecular weight is 729 g/mol. The standard InChI is InChI=1S/C53H32N2O2/c1-3-10-36(11-4-1)53-54-47-26-21-35-16-15-34-17-18-40-29-38(20-25-44(40)50(34)51(35)52(47)57-53)39-22-27-48-45(31-39)46-32-43(24-28-49(46)56-48)55(41-13-5-2-6-14-41)42-23-19-33-9-7-8-12-37(33)30-42/h1-32H. The highest BCUT2D eigenvalue weighted by Crippen LogP contribution is 2.42. The second kappa shape index (κ2) is 12.4. The third-order valence-corrected chi connectivity index (χ3v) is 11.4. The molecule has 4 nitrogen and oxygen atoms in total. The lowest BCUT2D eigenvalue weighted by atomic mass is 9.93. The van der Waals surface area contributed by atoms with Crippen molar-refractivity contribution in [2.75, 3.05) is 4.90 Å². The van der Waals surface area contributed by atoms with E-state index >= 15 is 0 Å². The Kier molecular flexibility index (Phi) is 6.89. The number of nitrogens with zero attached hydrogens (tertiary/aromatic N) is 2. The molecule has 12 aromatic rings. The molecule has 0 aliphatic rings. The topological polar surface area (TPSA) is 42.4 Å². The molecule has 0 unspecified atom stereocenters. The Bertz CT molecular complexity index is 3530. The van der Waals surface area contributed by atoms with Gasteiger partial charge in [-0.2, -0.15) is 0 Å². The number of fused-ring (bicyclic) bond motifs is 11. The molecule has 12 rings (SSSR count). The van der Waals surface area contributed by atoms with Crippen molar-refractivity contribution in [3.63, 3.8) is 0 Å². The molecule has 2 aromatic heterocycles. The van der Waals surface area contributed by atoms with Gasteiger partial charge in [-0.3, -0.25) is 0 Å². The third-order valence-electron chi connectivity index (χ3n) is 11.4. The summed E-state index contributed by atoms with van der Waals surface area (Å²) in [6, 6.07) is 68.7. The zero-order chi connectivity index (χ0) is 37.5. The maximum Gasteiger partial charge on any atom is 0.227 e. The van der Waals surface area contributed by atoms with Gasteiger partial charge in [0.2, 0.25) is 5.89 Å². The minimum atomic E-state index is 0.633. The summed E-state index contributed by atoms with van der Waals surface area (Å²) >= 11 is 0. The number of rotatable bonds is 5. The lowest BCUT2D eigenvalue weighted by Gasteiger charge is -2.25. The Balaban J connectivity index is 0.990. The number of benzene rings is 10. The minimum Gasteiger partial charge on any atom is -0.456 e. The number of hydrogen-bond acceptors (Lipinski definition) is 4. The molecule has 0 radical (unpaired) electrons. The van der Waals surface area contributed by atoms with E-state index < -0.39 is 0 Å². The van der Waals surface area contributed by atoms with Crippen molar-refractivity contribution in [3.05, 3.63) is 194 Å². The first-order chi connectivity index (χ1) is 28.2. The van der Waals surface area contributed by atoms with Gasteiger partial charge in [-0.25, -0.2) is 4.98 Å². The van der Waals surface area contributed by atoms with E-state index in [1.165, 1.54) is 32.3 Å². The lowest BCUT2D eigenvalue weighted by molar-refractivity contribution is 0.623. The Labute approximate surface area is 327 Å². The SMILES string of the molecule is c1ccc(-c2nc3ccc4ccc5ccc6cc(-c7ccc8oc9ccc(N(c%10ccccc%10)c%10ccc%11ccccc%11c%10)cc9c8c7)ccc6c5c4c3o2)cc1. The molecule has 0 saturated heterocycles. The number of hydrogen-bond donors (Lipinski definition) is 0. The van der Waals surface area contributed by atoms with Crippen LogP contribution in [0.25, 0.3) is 98.7 Å². The van der Waals surface area contributed by atoms with Gasteiger partial charge in [0.05, 0.1) is 0 Å². The van der Waals surface area contributed by atoms with Crippen molar-refractivity contribution in [2.45, 2.75) is 0 Å². The quantitative estimate of drug-likeness (QED) is 0.166. The molecule has 2 heterocycles. The van der Waals surface area contributed by atoms with Crippen molar-refractivity contribution in [2.24, 2.45) is 0 Å². The van der Waals surface area contributed by atoms with Gasteiger partial charge in [0.1, 0.15) is 16.7 Å². The predicted molar refractivity (Wildman–Crippen MR) is 237 cm³/mol. The largest absolute Gasteiger partial charge is 0.456 e. The molecule has 57 heavy (non-hydrogen) atoms. The molecule has 10 aromatic carbocycles. The van der Waals surface area contributed by atoms with Gasteiger partial charge in [0.15, 0.2) is 5.58 Å². The van der Waals surface area contributed by atoms with Crippen molar-refractivity contribution >= 4 is 93.2 Å². The summed E-state index contributed by atoms with van der Waals surface area (Å²) < 4.78 is 13.0. The Morgan fingerprint density at radius 3 is 1.81 bits per heavy atom. The molecule has 0 N–H and O–H groups in total. The summed E-state index contributed by atoms with van der Waals surface area (Å²) in [5.41, 5.74) is 9.92. The van der Waals surface area contributed by atoms with E-state index in [2.05, 4.69) is 169 Å². The average Bonchev–Trinajstić information content (AvgIpc) is 3.88. The first-order valence-corrected chi connectivity index (χ1v) is 19.3. The van der Waals surface area contributed by atoms with Gasteiger partial charge < -0.3 is 13.7 Å². The molecule has 0 aliphatic heterocycles. The second-order valence-corrected chi connectivity index (χ2v) is 14.8. The molecule has 0 spiro atoms. The molecule has 266 valence electrons. The van der Waals surface area contributed by atoms with Gasteiger partial charge in [-0.1, -0.05) is 115 Å². The summed E-state index contributed by atoms with van der Waals surface area (Å²) in [4.78, 5) is 7.22. The molecule has 0 aliphatic carbocycles. The van der Waals surface area contributed by atoms with Crippen LogP contribution < -0.4 is 4.90 Å². The zero-order valence-electron chi connectivity index (χ0n) is 30.7. The summed E-state index contributed by atoms with van der Waals surface area (Å²) in [5, 5.41) is 11.5. The highest BCUT2D eigenvalue weighted by atomic mass is 16.3. The highest BCUT2D eigenvalue weighted by Gasteiger charge is 2.18. The van der Waals surface area contributed by atoms with Crippen LogP contribution in [0.5, 0.6) is 0 Å². The van der Waals surface area contributed by atoms with Crippen LogP contribution in [0.15, 0.2) is 203 Å². The maximum absolute atomic E-state index is 6.55. The number of aromatic nitrogens is 1. The van der Waals surface area contributed by atoms with Gasteiger partial charge in [0, 0.05) is 44.2 Å². The first-order valence-electron chi connectivity index (χ1n) is 19.3. The monoisotopic (exact) mass is 728 g/mol. The smallest absolute Gasteiger partial charge is 0.227 e. The van der Waals surface area contributed by atoms with Crippen LogP contribution in [0.4, 0.5) is 17.1 Å². The van der Waals surface area contributed by atoms with E-state index in [1.54, 1.807) is 0 Å². The molecule has 0 amide bonds. The lowest BCUT2D eigenvalue weighted by Crippen LogP contribution is -2.09. The molecule has 0 fully saturated rings. The Morgan fingerprint density at radius 2 is 0.965 bits per heavy atom. The Hall–Kier alpha value is -7.69. The Morgan fingerprint density at radius 1 is 0.351 bits per heavy atom. The molecular formula is C53H32N2O2. The van der Waals surface area contributed by atoms with Gasteiger partial charge in [-0.15, -0.1) is 0 Å². The van der Waals surface area contributed by atoms with E-state index in [4.69, 9.17) is 13.8 Å². The summed E-state index contributed by atoms with van der Waals surface area (Å²) in [7, 11) is 0. The van der Waals surface area contributed by atoms with Crippen LogP contribution in [-0.2, 0) is 0 Å². The maximum atomic E-state index is 6.55. The van der Waals surface area contributed by atoms with Crippen LogP contribution >= 0.6 is 0 Å². The highest BCUT2D eigenvalue weighted by molar-refractivity contribution is 6.26. The fourth-order valence-electron chi connectivity index (χ4n) is 8.66. The van der Waals surface area contributed by atoms with Crippen LogP contribution in [0.1, 0.15) is 0 Å². The van der Waals surface area contributed by atoms with Gasteiger partial charge in [-0.05, 0) is 122 Å². The number of oxazole rings is 1. The van der Waals surface area contributed by atoms with Gasteiger partial charge in [0.25, 0.3) is 0 Å². The molecule has 4 heteroatoms. The first kappa shape index (κ1) is 31.6. The molecule has 0 atom stereocenters. The van der Waals surface area contributed by atoms with E-state index in [-0.39, 0.29) is 0 Å². The third kappa shape index (κ3) is 5.12. The zero-order valence-corrected chi connectivity index (χ0v) is 30.7. The predicted octanol–water partition coefficient (Wildman–Crippen LogP) is 15.1. The van der Waals surface area contributed by atoms with E-state index in [1.807, 2.05) is 30.3 Å². The van der Waals surface area contributed by atoms with Crippen LogP contribution in [-0.4, -0.2) is 4.98 Å². The van der Waals surface area contributed by atoms with Crippen molar-refractivity contribution in [1.82, 2.24) is 4.98 Å². The molecule has 0 bridgehead atoms. The van der Waals surface area contributed by atoms with Crippen molar-refractivity contribution in [3.8, 4) is 22.6 Å². The molecular weight excluding hydrogens is 697 g/mol. The number of furan rings is 1. The number of anilines is 3. The summed E-state index contributed by atoms with van der Waals surface area (Å²) in [6.45, 7) is 0. The van der Waals surface area contributed by atoms with Crippen molar-refractivity contribution in [1.29, 1.82) is 0 Å².